The van der Waals surface area contributed by atoms with Crippen molar-refractivity contribution in [1.82, 2.24) is 8.61 Å². The van der Waals surface area contributed by atoms with E-state index < -0.39 is 16.1 Å². The SMILES string of the molecule is CCCN(CCC)S(=O)(=O)N(Cc1ccccc1Cl)C(=O)c1ccccc1. The van der Waals surface area contributed by atoms with E-state index in [1.165, 1.54) is 4.31 Å². The number of amides is 1. The van der Waals surface area contributed by atoms with Crippen molar-refractivity contribution in [2.75, 3.05) is 13.1 Å². The average Bonchev–Trinajstić information content (AvgIpc) is 2.67. The highest BCUT2D eigenvalue weighted by atomic mass is 35.5. The predicted molar refractivity (Wildman–Crippen MR) is 109 cm³/mol. The van der Waals surface area contributed by atoms with Crippen molar-refractivity contribution in [2.24, 2.45) is 0 Å². The van der Waals surface area contributed by atoms with E-state index in [-0.39, 0.29) is 6.54 Å². The lowest BCUT2D eigenvalue weighted by Crippen LogP contribution is -2.47. The van der Waals surface area contributed by atoms with E-state index in [0.29, 0.717) is 42.1 Å². The fraction of sp³-hybridized carbons (Fsp3) is 0.350. The molecule has 0 radical (unpaired) electrons. The van der Waals surface area contributed by atoms with Gasteiger partial charge in [-0.15, -0.1) is 0 Å². The molecule has 1 amide bonds. The van der Waals surface area contributed by atoms with E-state index in [4.69, 9.17) is 11.6 Å². The Labute approximate surface area is 166 Å². The van der Waals surface area contributed by atoms with Crippen LogP contribution in [0.4, 0.5) is 0 Å². The van der Waals surface area contributed by atoms with Gasteiger partial charge in [0.2, 0.25) is 0 Å². The highest BCUT2D eigenvalue weighted by molar-refractivity contribution is 7.87. The summed E-state index contributed by atoms with van der Waals surface area (Å²) in [4.78, 5) is 13.1. The summed E-state index contributed by atoms with van der Waals surface area (Å²) in [6, 6.07) is 15.4. The maximum absolute atomic E-state index is 13.3. The Kier molecular flexibility index (Phi) is 7.83. The van der Waals surface area contributed by atoms with Crippen molar-refractivity contribution in [3.05, 3.63) is 70.7 Å². The van der Waals surface area contributed by atoms with Crippen molar-refractivity contribution in [2.45, 2.75) is 33.2 Å². The quantitative estimate of drug-likeness (QED) is 0.619. The number of hydrogen-bond acceptors (Lipinski definition) is 3. The van der Waals surface area contributed by atoms with Gasteiger partial charge in [-0.1, -0.05) is 61.8 Å². The third kappa shape index (κ3) is 5.31. The summed E-state index contributed by atoms with van der Waals surface area (Å²) < 4.78 is 28.9. The van der Waals surface area contributed by atoms with E-state index in [2.05, 4.69) is 0 Å². The van der Waals surface area contributed by atoms with Crippen molar-refractivity contribution >= 4 is 27.7 Å². The van der Waals surface area contributed by atoms with Crippen LogP contribution < -0.4 is 0 Å². The van der Waals surface area contributed by atoms with Gasteiger partial charge >= 0.3 is 10.2 Å². The van der Waals surface area contributed by atoms with Crippen molar-refractivity contribution in [3.8, 4) is 0 Å². The van der Waals surface area contributed by atoms with Crippen LogP contribution in [0.5, 0.6) is 0 Å². The van der Waals surface area contributed by atoms with Gasteiger partial charge in [-0.05, 0) is 36.6 Å². The zero-order valence-electron chi connectivity index (χ0n) is 15.6. The summed E-state index contributed by atoms with van der Waals surface area (Å²) in [7, 11) is -3.99. The van der Waals surface area contributed by atoms with Crippen LogP contribution in [0.25, 0.3) is 0 Å². The monoisotopic (exact) mass is 408 g/mol. The molecule has 2 aromatic rings. The first-order valence-corrected chi connectivity index (χ1v) is 10.8. The van der Waals surface area contributed by atoms with Crippen LogP contribution in [-0.2, 0) is 16.8 Å². The molecule has 0 aliphatic carbocycles. The second-order valence-electron chi connectivity index (χ2n) is 6.18. The molecule has 0 atom stereocenters. The first kappa shape index (κ1) is 21.4. The Morgan fingerprint density at radius 3 is 2.04 bits per heavy atom. The van der Waals surface area contributed by atoms with Gasteiger partial charge < -0.3 is 0 Å². The number of benzene rings is 2. The lowest BCUT2D eigenvalue weighted by atomic mass is 10.2. The van der Waals surface area contributed by atoms with Crippen LogP contribution in [0.15, 0.2) is 54.6 Å². The Morgan fingerprint density at radius 2 is 1.48 bits per heavy atom. The fourth-order valence-electron chi connectivity index (χ4n) is 2.74. The minimum absolute atomic E-state index is 0.111. The highest BCUT2D eigenvalue weighted by Crippen LogP contribution is 2.22. The third-order valence-electron chi connectivity index (χ3n) is 4.07. The lowest BCUT2D eigenvalue weighted by Gasteiger charge is -2.30. The zero-order chi connectivity index (χ0) is 19.9. The number of carbonyl (C=O) groups excluding carboxylic acids is 1. The molecule has 0 unspecified atom stereocenters. The van der Waals surface area contributed by atoms with Gasteiger partial charge in [0.15, 0.2) is 0 Å². The average molecular weight is 409 g/mol. The first-order valence-electron chi connectivity index (χ1n) is 9.02. The van der Waals surface area contributed by atoms with E-state index in [0.717, 1.165) is 4.31 Å². The summed E-state index contributed by atoms with van der Waals surface area (Å²) in [6.45, 7) is 4.43. The van der Waals surface area contributed by atoms with Gasteiger partial charge in [0.05, 0.1) is 6.54 Å². The Morgan fingerprint density at radius 1 is 0.926 bits per heavy atom. The second kappa shape index (κ2) is 9.88. The molecular weight excluding hydrogens is 384 g/mol. The minimum atomic E-state index is -3.99. The van der Waals surface area contributed by atoms with Crippen LogP contribution >= 0.6 is 11.6 Å². The third-order valence-corrected chi connectivity index (χ3v) is 6.31. The van der Waals surface area contributed by atoms with E-state index in [1.54, 1.807) is 54.6 Å². The highest BCUT2D eigenvalue weighted by Gasteiger charge is 2.33. The standard InChI is InChI=1S/C20H25ClN2O3S/c1-3-14-22(15-4-2)27(25,26)23(16-18-12-8-9-13-19(18)21)20(24)17-10-6-5-7-11-17/h5-13H,3-4,14-16H2,1-2H3. The molecule has 0 N–H and O–H groups in total. The molecule has 0 aliphatic heterocycles. The summed E-state index contributed by atoms with van der Waals surface area (Å²) in [5, 5.41) is 0.427. The summed E-state index contributed by atoms with van der Waals surface area (Å²) in [6.07, 6.45) is 1.33. The summed E-state index contributed by atoms with van der Waals surface area (Å²) in [5.41, 5.74) is 0.904. The fourth-order valence-corrected chi connectivity index (χ4v) is 4.66. The van der Waals surface area contributed by atoms with Crippen LogP contribution in [0.1, 0.15) is 42.6 Å². The number of rotatable bonds is 9. The Bertz CT molecular complexity index is 851. The van der Waals surface area contributed by atoms with Gasteiger partial charge in [0.25, 0.3) is 5.91 Å². The molecule has 27 heavy (non-hydrogen) atoms. The van der Waals surface area contributed by atoms with Gasteiger partial charge in [0, 0.05) is 23.7 Å². The molecule has 146 valence electrons. The maximum atomic E-state index is 13.3. The number of halogens is 1. The zero-order valence-corrected chi connectivity index (χ0v) is 17.2. The van der Waals surface area contributed by atoms with E-state index in [1.807, 2.05) is 13.8 Å². The largest absolute Gasteiger partial charge is 0.306 e. The number of hydrogen-bond donors (Lipinski definition) is 0. The molecule has 0 heterocycles. The molecule has 5 nitrogen and oxygen atoms in total. The van der Waals surface area contributed by atoms with Gasteiger partial charge in [0.1, 0.15) is 0 Å². The smallest absolute Gasteiger partial charge is 0.268 e. The van der Waals surface area contributed by atoms with Crippen molar-refractivity contribution < 1.29 is 13.2 Å². The topological polar surface area (TPSA) is 57.7 Å². The molecule has 2 rings (SSSR count). The van der Waals surface area contributed by atoms with Gasteiger partial charge in [-0.25, -0.2) is 4.31 Å². The molecule has 0 aliphatic rings. The molecule has 0 spiro atoms. The molecule has 0 saturated heterocycles. The molecule has 0 saturated carbocycles. The lowest BCUT2D eigenvalue weighted by molar-refractivity contribution is 0.0846. The Hall–Kier alpha value is -1.89. The van der Waals surface area contributed by atoms with Crippen molar-refractivity contribution in [1.29, 1.82) is 0 Å². The van der Waals surface area contributed by atoms with E-state index >= 15 is 0 Å². The first-order chi connectivity index (χ1) is 12.9. The van der Waals surface area contributed by atoms with Crippen LogP contribution in [-0.4, -0.2) is 36.0 Å². The Balaban J connectivity index is 2.48. The number of carbonyl (C=O) groups is 1. The van der Waals surface area contributed by atoms with Crippen LogP contribution in [0.3, 0.4) is 0 Å². The predicted octanol–water partition coefficient (Wildman–Crippen LogP) is 4.35. The number of nitrogens with zero attached hydrogens (tertiary/aromatic N) is 2. The summed E-state index contributed by atoms with van der Waals surface area (Å²) in [5.74, 6) is -0.562. The molecule has 0 aromatic heterocycles. The summed E-state index contributed by atoms with van der Waals surface area (Å²) >= 11 is 6.22. The van der Waals surface area contributed by atoms with Gasteiger partial charge in [-0.2, -0.15) is 12.7 Å². The van der Waals surface area contributed by atoms with Crippen molar-refractivity contribution in [3.63, 3.8) is 0 Å². The van der Waals surface area contributed by atoms with E-state index in [9.17, 15) is 13.2 Å². The second-order valence-corrected chi connectivity index (χ2v) is 8.44. The molecule has 0 bridgehead atoms. The molecule has 0 fully saturated rings. The van der Waals surface area contributed by atoms with Crippen LogP contribution in [0.2, 0.25) is 5.02 Å². The molecule has 2 aromatic carbocycles. The minimum Gasteiger partial charge on any atom is -0.268 e. The normalized spacial score (nSPS) is 11.6. The maximum Gasteiger partial charge on any atom is 0.306 e. The van der Waals surface area contributed by atoms with Gasteiger partial charge in [-0.3, -0.25) is 4.79 Å². The molecule has 7 heteroatoms. The van der Waals surface area contributed by atoms with Crippen LogP contribution in [0, 0.1) is 0 Å². The molecular formula is C20H25ClN2O3S.